The maximum atomic E-state index is 9.85. The Labute approximate surface area is 151 Å². The summed E-state index contributed by atoms with van der Waals surface area (Å²) in [4.78, 5) is 2.53. The third kappa shape index (κ3) is 5.15. The highest BCUT2D eigenvalue weighted by Gasteiger charge is 2.31. The van der Waals surface area contributed by atoms with E-state index < -0.39 is 0 Å². The Bertz CT molecular complexity index is 437. The molecule has 0 aromatic heterocycles. The van der Waals surface area contributed by atoms with Gasteiger partial charge in [0.1, 0.15) is 11.5 Å². The quantitative estimate of drug-likeness (QED) is 0.770. The topological polar surface area (TPSA) is 55.7 Å². The van der Waals surface area contributed by atoms with Crippen LogP contribution in [0.25, 0.3) is 0 Å². The SMILES string of the molecule is Cl.Cl.Oc1cc(O)cc([C@H](C2CCCCC2)N2CCNCC2)c1. The standard InChI is InChI=1S/C17H26N2O2.2ClH/c20-15-10-14(11-16(21)12-15)17(13-4-2-1-3-5-13)19-8-6-18-7-9-19;;/h10-13,17-18,20-21H,1-9H2;2*1H/t17-;;/m0../s1. The first-order valence-corrected chi connectivity index (χ1v) is 8.22. The minimum absolute atomic E-state index is 0. The van der Waals surface area contributed by atoms with E-state index in [1.54, 1.807) is 0 Å². The Morgan fingerprint density at radius 2 is 1.48 bits per heavy atom. The number of halogens is 2. The highest BCUT2D eigenvalue weighted by Crippen LogP contribution is 2.40. The second-order valence-electron chi connectivity index (χ2n) is 6.41. The van der Waals surface area contributed by atoms with E-state index in [-0.39, 0.29) is 36.3 Å². The second kappa shape index (κ2) is 9.58. The van der Waals surface area contributed by atoms with Crippen molar-refractivity contribution in [1.29, 1.82) is 0 Å². The Morgan fingerprint density at radius 3 is 2.04 bits per heavy atom. The number of phenols is 2. The molecule has 132 valence electrons. The highest BCUT2D eigenvalue weighted by atomic mass is 35.5. The lowest BCUT2D eigenvalue weighted by molar-refractivity contribution is 0.103. The first-order valence-electron chi connectivity index (χ1n) is 8.22. The molecule has 1 atom stereocenters. The van der Waals surface area contributed by atoms with Crippen LogP contribution < -0.4 is 5.32 Å². The monoisotopic (exact) mass is 362 g/mol. The van der Waals surface area contributed by atoms with Crippen LogP contribution in [-0.4, -0.2) is 41.3 Å². The fraction of sp³-hybridized carbons (Fsp3) is 0.647. The van der Waals surface area contributed by atoms with Crippen molar-refractivity contribution >= 4 is 24.8 Å². The van der Waals surface area contributed by atoms with Crippen LogP contribution in [0.5, 0.6) is 11.5 Å². The van der Waals surface area contributed by atoms with Gasteiger partial charge in [-0.05, 0) is 36.5 Å². The molecule has 4 nitrogen and oxygen atoms in total. The summed E-state index contributed by atoms with van der Waals surface area (Å²) in [5, 5.41) is 23.1. The van der Waals surface area contributed by atoms with Crippen LogP contribution >= 0.6 is 24.8 Å². The van der Waals surface area contributed by atoms with Gasteiger partial charge in [0.05, 0.1) is 0 Å². The summed E-state index contributed by atoms with van der Waals surface area (Å²) in [6, 6.07) is 5.41. The molecule has 0 bridgehead atoms. The van der Waals surface area contributed by atoms with Crippen LogP contribution in [0.15, 0.2) is 18.2 Å². The van der Waals surface area contributed by atoms with Crippen LogP contribution in [-0.2, 0) is 0 Å². The van der Waals surface area contributed by atoms with E-state index in [0.717, 1.165) is 31.7 Å². The molecule has 2 aliphatic rings. The van der Waals surface area contributed by atoms with Crippen molar-refractivity contribution in [2.75, 3.05) is 26.2 Å². The summed E-state index contributed by atoms with van der Waals surface area (Å²) in [6.45, 7) is 4.12. The molecule has 1 aromatic carbocycles. The maximum absolute atomic E-state index is 9.85. The van der Waals surface area contributed by atoms with Gasteiger partial charge in [-0.15, -0.1) is 24.8 Å². The fourth-order valence-electron chi connectivity index (χ4n) is 3.98. The zero-order valence-electron chi connectivity index (χ0n) is 13.4. The predicted octanol–water partition coefficient (Wildman–Crippen LogP) is 3.47. The van der Waals surface area contributed by atoms with Crippen molar-refractivity contribution in [3.05, 3.63) is 23.8 Å². The molecule has 0 unspecified atom stereocenters. The van der Waals surface area contributed by atoms with E-state index in [9.17, 15) is 10.2 Å². The van der Waals surface area contributed by atoms with E-state index in [2.05, 4.69) is 10.2 Å². The minimum Gasteiger partial charge on any atom is -0.508 e. The van der Waals surface area contributed by atoms with Crippen LogP contribution in [0.4, 0.5) is 0 Å². The van der Waals surface area contributed by atoms with Gasteiger partial charge in [0, 0.05) is 38.3 Å². The highest BCUT2D eigenvalue weighted by molar-refractivity contribution is 5.85. The van der Waals surface area contributed by atoms with Crippen molar-refractivity contribution < 1.29 is 10.2 Å². The van der Waals surface area contributed by atoms with Gasteiger partial charge in [-0.3, -0.25) is 4.90 Å². The molecule has 23 heavy (non-hydrogen) atoms. The summed E-state index contributed by atoms with van der Waals surface area (Å²) < 4.78 is 0. The van der Waals surface area contributed by atoms with Crippen molar-refractivity contribution in [2.24, 2.45) is 5.92 Å². The average molecular weight is 363 g/mol. The Kier molecular flexibility index (Phi) is 8.48. The van der Waals surface area contributed by atoms with Gasteiger partial charge in [0.15, 0.2) is 0 Å². The van der Waals surface area contributed by atoms with E-state index in [1.807, 2.05) is 12.1 Å². The lowest BCUT2D eigenvalue weighted by atomic mass is 9.80. The van der Waals surface area contributed by atoms with Gasteiger partial charge in [0.25, 0.3) is 0 Å². The molecule has 0 amide bonds. The van der Waals surface area contributed by atoms with Gasteiger partial charge in [-0.25, -0.2) is 0 Å². The molecule has 1 saturated heterocycles. The van der Waals surface area contributed by atoms with Gasteiger partial charge < -0.3 is 15.5 Å². The van der Waals surface area contributed by atoms with Crippen molar-refractivity contribution in [1.82, 2.24) is 10.2 Å². The normalized spacial score (nSPS) is 21.0. The molecule has 1 aliphatic heterocycles. The number of nitrogens with one attached hydrogen (secondary N) is 1. The Hall–Kier alpha value is -0.680. The molecule has 1 saturated carbocycles. The van der Waals surface area contributed by atoms with Gasteiger partial charge in [-0.1, -0.05) is 19.3 Å². The lowest BCUT2D eigenvalue weighted by Crippen LogP contribution is -2.47. The van der Waals surface area contributed by atoms with Crippen LogP contribution in [0.3, 0.4) is 0 Å². The Balaban J connectivity index is 0.00000132. The van der Waals surface area contributed by atoms with E-state index in [0.29, 0.717) is 12.0 Å². The number of hydrogen-bond donors (Lipinski definition) is 3. The number of piperazine rings is 1. The number of nitrogens with zero attached hydrogens (tertiary/aromatic N) is 1. The summed E-state index contributed by atoms with van der Waals surface area (Å²) >= 11 is 0. The number of benzene rings is 1. The third-order valence-corrected chi connectivity index (χ3v) is 4.91. The zero-order chi connectivity index (χ0) is 14.7. The van der Waals surface area contributed by atoms with Gasteiger partial charge in [-0.2, -0.15) is 0 Å². The second-order valence-corrected chi connectivity index (χ2v) is 6.41. The van der Waals surface area contributed by atoms with Crippen LogP contribution in [0.2, 0.25) is 0 Å². The van der Waals surface area contributed by atoms with E-state index >= 15 is 0 Å². The minimum atomic E-state index is 0. The summed E-state index contributed by atoms with van der Waals surface area (Å²) in [7, 11) is 0. The number of aromatic hydroxyl groups is 2. The summed E-state index contributed by atoms with van der Waals surface area (Å²) in [6.07, 6.45) is 6.46. The van der Waals surface area contributed by atoms with Crippen molar-refractivity contribution in [3.8, 4) is 11.5 Å². The first kappa shape index (κ1) is 20.4. The fourth-order valence-corrected chi connectivity index (χ4v) is 3.98. The molecule has 0 radical (unpaired) electrons. The van der Waals surface area contributed by atoms with Crippen LogP contribution in [0.1, 0.15) is 43.7 Å². The van der Waals surface area contributed by atoms with Crippen molar-refractivity contribution in [2.45, 2.75) is 38.1 Å². The summed E-state index contributed by atoms with van der Waals surface area (Å²) in [5.41, 5.74) is 1.07. The molecule has 3 N–H and O–H groups in total. The van der Waals surface area contributed by atoms with E-state index in [4.69, 9.17) is 0 Å². The lowest BCUT2D eigenvalue weighted by Gasteiger charge is -2.41. The largest absolute Gasteiger partial charge is 0.508 e. The molecule has 2 fully saturated rings. The van der Waals surface area contributed by atoms with Gasteiger partial charge in [0.2, 0.25) is 0 Å². The molecule has 1 aliphatic carbocycles. The predicted molar refractivity (Wildman–Crippen MR) is 98.0 cm³/mol. The summed E-state index contributed by atoms with van der Waals surface area (Å²) in [5.74, 6) is 0.972. The zero-order valence-corrected chi connectivity index (χ0v) is 15.0. The molecular weight excluding hydrogens is 335 g/mol. The molecule has 0 spiro atoms. The molecule has 1 heterocycles. The average Bonchev–Trinajstić information content (AvgIpc) is 2.49. The van der Waals surface area contributed by atoms with Crippen molar-refractivity contribution in [3.63, 3.8) is 0 Å². The number of rotatable bonds is 3. The number of phenolic OH excluding ortho intramolecular Hbond substituents is 2. The Morgan fingerprint density at radius 1 is 0.913 bits per heavy atom. The van der Waals surface area contributed by atoms with Crippen LogP contribution in [0, 0.1) is 5.92 Å². The first-order chi connectivity index (χ1) is 10.2. The maximum Gasteiger partial charge on any atom is 0.119 e. The smallest absolute Gasteiger partial charge is 0.119 e. The number of hydrogen-bond acceptors (Lipinski definition) is 4. The van der Waals surface area contributed by atoms with Gasteiger partial charge >= 0.3 is 0 Å². The molecule has 3 rings (SSSR count). The molecule has 6 heteroatoms. The third-order valence-electron chi connectivity index (χ3n) is 4.91. The van der Waals surface area contributed by atoms with E-state index in [1.165, 1.54) is 38.2 Å². The molecular formula is C17H28Cl2N2O2. The molecule has 1 aromatic rings.